The number of carbonyl (C=O) groups excluding carboxylic acids is 1. The van der Waals surface area contributed by atoms with Crippen molar-refractivity contribution in [3.05, 3.63) is 34.3 Å². The van der Waals surface area contributed by atoms with Gasteiger partial charge in [-0.3, -0.25) is 0 Å². The molecule has 4 heteroatoms. The fourth-order valence-corrected chi connectivity index (χ4v) is 2.07. The lowest BCUT2D eigenvalue weighted by Gasteiger charge is -2.12. The van der Waals surface area contributed by atoms with E-state index < -0.39 is 0 Å². The summed E-state index contributed by atoms with van der Waals surface area (Å²) in [6.45, 7) is 1.96. The molecule has 1 aliphatic heterocycles. The summed E-state index contributed by atoms with van der Waals surface area (Å²) in [7, 11) is 0. The summed E-state index contributed by atoms with van der Waals surface area (Å²) in [4.78, 5) is 12.9. The van der Waals surface area contributed by atoms with Crippen molar-refractivity contribution in [1.82, 2.24) is 4.90 Å². The summed E-state index contributed by atoms with van der Waals surface area (Å²) in [5.74, 6) is 0. The van der Waals surface area contributed by atoms with Crippen molar-refractivity contribution < 1.29 is 9.53 Å². The van der Waals surface area contributed by atoms with Crippen molar-refractivity contribution in [2.24, 2.45) is 0 Å². The first-order valence-electron chi connectivity index (χ1n) is 4.92. The van der Waals surface area contributed by atoms with Gasteiger partial charge in [0.05, 0.1) is 6.54 Å². The smallest absolute Gasteiger partial charge is 0.409 e. The lowest BCUT2D eigenvalue weighted by molar-refractivity contribution is 0.159. The van der Waals surface area contributed by atoms with Gasteiger partial charge in [-0.25, -0.2) is 4.79 Å². The summed E-state index contributed by atoms with van der Waals surface area (Å²) in [6.07, 6.45) is 0.665. The van der Waals surface area contributed by atoms with Crippen LogP contribution >= 0.6 is 15.9 Å². The van der Waals surface area contributed by atoms with E-state index in [0.717, 1.165) is 17.4 Å². The van der Waals surface area contributed by atoms with Gasteiger partial charge in [0, 0.05) is 11.0 Å². The highest BCUT2D eigenvalue weighted by Gasteiger charge is 2.21. The van der Waals surface area contributed by atoms with Gasteiger partial charge in [0.25, 0.3) is 0 Å². The molecule has 0 N–H and O–H groups in total. The second-order valence-corrected chi connectivity index (χ2v) is 4.30. The van der Waals surface area contributed by atoms with E-state index in [-0.39, 0.29) is 6.09 Å². The molecule has 0 bridgehead atoms. The number of hydrogen-bond donors (Lipinski definition) is 0. The SMILES string of the molecule is O=C1OCCN1CCc1ccccc1Br. The molecular formula is C11H12BrNO2. The van der Waals surface area contributed by atoms with Crippen LogP contribution in [0.2, 0.25) is 0 Å². The molecule has 0 spiro atoms. The fourth-order valence-electron chi connectivity index (χ4n) is 1.59. The summed E-state index contributed by atoms with van der Waals surface area (Å²) >= 11 is 3.49. The van der Waals surface area contributed by atoms with E-state index in [2.05, 4.69) is 22.0 Å². The number of amides is 1. The monoisotopic (exact) mass is 269 g/mol. The zero-order valence-electron chi connectivity index (χ0n) is 8.28. The van der Waals surface area contributed by atoms with E-state index >= 15 is 0 Å². The quantitative estimate of drug-likeness (QED) is 0.844. The third-order valence-electron chi connectivity index (χ3n) is 2.45. The van der Waals surface area contributed by atoms with Crippen LogP contribution in [0, 0.1) is 0 Å². The molecule has 0 aromatic heterocycles. The molecule has 0 unspecified atom stereocenters. The molecule has 1 amide bonds. The number of ether oxygens (including phenoxy) is 1. The van der Waals surface area contributed by atoms with Crippen molar-refractivity contribution in [3.8, 4) is 0 Å². The summed E-state index contributed by atoms with van der Waals surface area (Å²) in [6, 6.07) is 8.06. The van der Waals surface area contributed by atoms with Gasteiger partial charge in [-0.2, -0.15) is 0 Å². The largest absolute Gasteiger partial charge is 0.448 e. The van der Waals surface area contributed by atoms with Gasteiger partial charge in [-0.1, -0.05) is 34.1 Å². The number of carbonyl (C=O) groups is 1. The normalized spacial score (nSPS) is 15.5. The highest BCUT2D eigenvalue weighted by molar-refractivity contribution is 9.10. The Morgan fingerprint density at radius 3 is 2.87 bits per heavy atom. The molecule has 0 aliphatic carbocycles. The zero-order valence-corrected chi connectivity index (χ0v) is 9.87. The first kappa shape index (κ1) is 10.5. The first-order valence-corrected chi connectivity index (χ1v) is 5.72. The van der Waals surface area contributed by atoms with E-state index in [9.17, 15) is 4.79 Å². The Bertz CT molecular complexity index is 367. The van der Waals surface area contributed by atoms with Crippen LogP contribution in [-0.2, 0) is 11.2 Å². The Hall–Kier alpha value is -1.03. The summed E-state index contributed by atoms with van der Waals surface area (Å²) in [5, 5.41) is 0. The number of hydrogen-bond acceptors (Lipinski definition) is 2. The second-order valence-electron chi connectivity index (χ2n) is 3.44. The number of benzene rings is 1. The zero-order chi connectivity index (χ0) is 10.7. The van der Waals surface area contributed by atoms with E-state index in [0.29, 0.717) is 13.2 Å². The van der Waals surface area contributed by atoms with Gasteiger partial charge < -0.3 is 9.64 Å². The molecule has 15 heavy (non-hydrogen) atoms. The van der Waals surface area contributed by atoms with E-state index in [1.54, 1.807) is 4.90 Å². The number of rotatable bonds is 3. The highest BCUT2D eigenvalue weighted by atomic mass is 79.9. The molecular weight excluding hydrogens is 258 g/mol. The average Bonchev–Trinajstić information content (AvgIpc) is 2.63. The predicted octanol–water partition coefficient (Wildman–Crippen LogP) is 2.44. The maximum atomic E-state index is 11.2. The lowest BCUT2D eigenvalue weighted by atomic mass is 10.1. The van der Waals surface area contributed by atoms with Gasteiger partial charge in [0.2, 0.25) is 0 Å². The van der Waals surface area contributed by atoms with E-state index in [1.807, 2.05) is 18.2 Å². The van der Waals surface area contributed by atoms with Crippen LogP contribution in [0.15, 0.2) is 28.7 Å². The van der Waals surface area contributed by atoms with Gasteiger partial charge in [-0.05, 0) is 18.1 Å². The Labute approximate surface area is 97.2 Å². The van der Waals surface area contributed by atoms with Crippen LogP contribution < -0.4 is 0 Å². The van der Waals surface area contributed by atoms with Crippen molar-refractivity contribution in [2.45, 2.75) is 6.42 Å². The fraction of sp³-hybridized carbons (Fsp3) is 0.364. The molecule has 3 nitrogen and oxygen atoms in total. The molecule has 0 saturated carbocycles. The van der Waals surface area contributed by atoms with Crippen LogP contribution in [0.5, 0.6) is 0 Å². The van der Waals surface area contributed by atoms with Crippen molar-refractivity contribution in [3.63, 3.8) is 0 Å². The van der Waals surface area contributed by atoms with E-state index in [4.69, 9.17) is 4.74 Å². The molecule has 2 rings (SSSR count). The minimum Gasteiger partial charge on any atom is -0.448 e. The standard InChI is InChI=1S/C11H12BrNO2/c12-10-4-2-1-3-9(10)5-6-13-7-8-15-11(13)14/h1-4H,5-8H2. The number of cyclic esters (lactones) is 1. The molecule has 1 aromatic carbocycles. The Kier molecular flexibility index (Phi) is 3.26. The van der Waals surface area contributed by atoms with Crippen LogP contribution in [0.3, 0.4) is 0 Å². The molecule has 1 fully saturated rings. The first-order chi connectivity index (χ1) is 7.27. The Morgan fingerprint density at radius 1 is 1.40 bits per heavy atom. The third kappa shape index (κ3) is 2.50. The van der Waals surface area contributed by atoms with Crippen LogP contribution in [0.1, 0.15) is 5.56 Å². The third-order valence-corrected chi connectivity index (χ3v) is 3.23. The second kappa shape index (κ2) is 4.66. The highest BCUT2D eigenvalue weighted by Crippen LogP contribution is 2.17. The number of halogens is 1. The van der Waals surface area contributed by atoms with Crippen molar-refractivity contribution in [1.29, 1.82) is 0 Å². The minimum atomic E-state index is -0.193. The maximum absolute atomic E-state index is 11.2. The molecule has 1 aliphatic rings. The Balaban J connectivity index is 1.93. The van der Waals surface area contributed by atoms with Crippen LogP contribution in [-0.4, -0.2) is 30.7 Å². The van der Waals surface area contributed by atoms with Gasteiger partial charge in [0.15, 0.2) is 0 Å². The lowest BCUT2D eigenvalue weighted by Crippen LogP contribution is -2.26. The van der Waals surface area contributed by atoms with E-state index in [1.165, 1.54) is 5.56 Å². The van der Waals surface area contributed by atoms with Gasteiger partial charge in [-0.15, -0.1) is 0 Å². The Morgan fingerprint density at radius 2 is 2.20 bits per heavy atom. The van der Waals surface area contributed by atoms with Crippen LogP contribution in [0.25, 0.3) is 0 Å². The minimum absolute atomic E-state index is 0.193. The predicted molar refractivity (Wildman–Crippen MR) is 60.8 cm³/mol. The molecule has 1 aromatic rings. The average molecular weight is 270 g/mol. The number of nitrogens with zero attached hydrogens (tertiary/aromatic N) is 1. The van der Waals surface area contributed by atoms with Gasteiger partial charge >= 0.3 is 6.09 Å². The maximum Gasteiger partial charge on any atom is 0.409 e. The summed E-state index contributed by atoms with van der Waals surface area (Å²) in [5.41, 5.74) is 1.22. The van der Waals surface area contributed by atoms with Crippen LogP contribution in [0.4, 0.5) is 4.79 Å². The molecule has 80 valence electrons. The van der Waals surface area contributed by atoms with Crippen molar-refractivity contribution in [2.75, 3.05) is 19.7 Å². The molecule has 0 radical (unpaired) electrons. The van der Waals surface area contributed by atoms with Gasteiger partial charge in [0.1, 0.15) is 6.61 Å². The molecule has 1 heterocycles. The topological polar surface area (TPSA) is 29.5 Å². The summed E-state index contributed by atoms with van der Waals surface area (Å²) < 4.78 is 5.95. The van der Waals surface area contributed by atoms with Crippen molar-refractivity contribution >= 4 is 22.0 Å². The molecule has 1 saturated heterocycles. The molecule has 0 atom stereocenters.